The molecule has 1 aromatic heterocycles. The molecule has 1 aliphatic rings. The van der Waals surface area contributed by atoms with Crippen molar-refractivity contribution in [2.45, 2.75) is 5.44 Å². The van der Waals surface area contributed by atoms with Gasteiger partial charge in [0.25, 0.3) is 0 Å². The molecule has 2 aromatic rings. The molecule has 3 nitrogen and oxygen atoms in total. The Morgan fingerprint density at radius 3 is 3.00 bits per heavy atom. The molecule has 1 aliphatic heterocycles. The molecule has 0 N–H and O–H groups in total. The summed E-state index contributed by atoms with van der Waals surface area (Å²) in [7, 11) is 1.69. The van der Waals surface area contributed by atoms with Gasteiger partial charge < -0.3 is 14.0 Å². The number of nitrogens with zero attached hydrogens (tertiary/aromatic N) is 1. The summed E-state index contributed by atoms with van der Waals surface area (Å²) in [5, 5.41) is 0. The highest BCUT2D eigenvalue weighted by molar-refractivity contribution is 7.99. The van der Waals surface area contributed by atoms with E-state index in [0.717, 1.165) is 23.8 Å². The Morgan fingerprint density at radius 2 is 2.22 bits per heavy atom. The molecule has 18 heavy (non-hydrogen) atoms. The smallest absolute Gasteiger partial charge is 0.142 e. The molecule has 2 heterocycles. The molecule has 3 rings (SSSR count). The summed E-state index contributed by atoms with van der Waals surface area (Å²) >= 11 is 1.85. The van der Waals surface area contributed by atoms with Crippen molar-refractivity contribution in [3.8, 4) is 11.4 Å². The summed E-state index contributed by atoms with van der Waals surface area (Å²) < 4.78 is 13.1. The van der Waals surface area contributed by atoms with E-state index in [1.165, 1.54) is 5.56 Å². The molecule has 4 heteroatoms. The zero-order chi connectivity index (χ0) is 12.4. The Hall–Kier alpha value is -1.39. The van der Waals surface area contributed by atoms with Crippen molar-refractivity contribution >= 4 is 11.8 Å². The van der Waals surface area contributed by atoms with E-state index in [4.69, 9.17) is 9.47 Å². The second-order valence-electron chi connectivity index (χ2n) is 4.10. The quantitative estimate of drug-likeness (QED) is 0.847. The van der Waals surface area contributed by atoms with Crippen molar-refractivity contribution < 1.29 is 9.47 Å². The van der Waals surface area contributed by atoms with Gasteiger partial charge in [0.1, 0.15) is 11.2 Å². The standard InChI is InChI=1S/C14H15NO2S/c1-16-13-5-3-2-4-12(13)15-7-6-11(10-15)14-17-8-9-18-14/h2-7,10,14H,8-9H2,1H3/t14-/m0/s1. The number of benzene rings is 1. The highest BCUT2D eigenvalue weighted by atomic mass is 32.2. The topological polar surface area (TPSA) is 23.4 Å². The predicted octanol–water partition coefficient (Wildman–Crippen LogP) is 3.25. The molecule has 0 aliphatic carbocycles. The van der Waals surface area contributed by atoms with Crippen molar-refractivity contribution in [3.63, 3.8) is 0 Å². The van der Waals surface area contributed by atoms with E-state index in [-0.39, 0.29) is 5.44 Å². The van der Waals surface area contributed by atoms with Gasteiger partial charge in [0, 0.05) is 23.7 Å². The Balaban J connectivity index is 1.92. The number of methoxy groups -OCH3 is 1. The van der Waals surface area contributed by atoms with Crippen molar-refractivity contribution in [3.05, 3.63) is 48.3 Å². The van der Waals surface area contributed by atoms with Crippen LogP contribution in [0.4, 0.5) is 0 Å². The Kier molecular flexibility index (Phi) is 3.30. The molecule has 0 bridgehead atoms. The van der Waals surface area contributed by atoms with Gasteiger partial charge in [-0.15, -0.1) is 11.8 Å². The molecule has 0 saturated carbocycles. The molecule has 1 saturated heterocycles. The molecule has 94 valence electrons. The fourth-order valence-electron chi connectivity index (χ4n) is 2.10. The Morgan fingerprint density at radius 1 is 1.33 bits per heavy atom. The number of rotatable bonds is 3. The van der Waals surface area contributed by atoms with E-state index in [1.807, 2.05) is 36.0 Å². The molecule has 1 aromatic carbocycles. The maximum absolute atomic E-state index is 5.66. The molecular weight excluding hydrogens is 246 g/mol. The average Bonchev–Trinajstić information content (AvgIpc) is 3.09. The fraction of sp³-hybridized carbons (Fsp3) is 0.286. The lowest BCUT2D eigenvalue weighted by molar-refractivity contribution is 0.145. The van der Waals surface area contributed by atoms with Crippen molar-refractivity contribution in [2.24, 2.45) is 0 Å². The summed E-state index contributed by atoms with van der Waals surface area (Å²) in [5.74, 6) is 1.95. The minimum Gasteiger partial charge on any atom is -0.495 e. The zero-order valence-electron chi connectivity index (χ0n) is 10.2. The fourth-order valence-corrected chi connectivity index (χ4v) is 3.03. The lowest BCUT2D eigenvalue weighted by Gasteiger charge is -2.09. The third-order valence-electron chi connectivity index (χ3n) is 2.97. The number of aromatic nitrogens is 1. The van der Waals surface area contributed by atoms with Gasteiger partial charge in [0.2, 0.25) is 0 Å². The van der Waals surface area contributed by atoms with E-state index in [0.29, 0.717) is 0 Å². The van der Waals surface area contributed by atoms with Crippen LogP contribution in [0.3, 0.4) is 0 Å². The highest BCUT2D eigenvalue weighted by Gasteiger charge is 2.19. The Labute approximate surface area is 111 Å². The summed E-state index contributed by atoms with van der Waals surface area (Å²) in [6.07, 6.45) is 4.16. The van der Waals surface area contributed by atoms with E-state index >= 15 is 0 Å². The molecule has 0 spiro atoms. The third-order valence-corrected chi connectivity index (χ3v) is 4.09. The lowest BCUT2D eigenvalue weighted by atomic mass is 10.3. The van der Waals surface area contributed by atoms with Crippen LogP contribution in [0, 0.1) is 0 Å². The van der Waals surface area contributed by atoms with Crippen molar-refractivity contribution in [1.82, 2.24) is 4.57 Å². The van der Waals surface area contributed by atoms with Crippen LogP contribution in [-0.2, 0) is 4.74 Å². The van der Waals surface area contributed by atoms with Gasteiger partial charge in [-0.05, 0) is 18.2 Å². The van der Waals surface area contributed by atoms with Crippen LogP contribution in [0.1, 0.15) is 11.0 Å². The number of thioether (sulfide) groups is 1. The molecular formula is C14H15NO2S. The minimum absolute atomic E-state index is 0.181. The second kappa shape index (κ2) is 5.08. The van der Waals surface area contributed by atoms with Crippen LogP contribution in [-0.4, -0.2) is 24.0 Å². The van der Waals surface area contributed by atoms with Gasteiger partial charge in [-0.25, -0.2) is 0 Å². The lowest BCUT2D eigenvalue weighted by Crippen LogP contribution is -1.95. The van der Waals surface area contributed by atoms with E-state index in [1.54, 1.807) is 7.11 Å². The van der Waals surface area contributed by atoms with Gasteiger partial charge in [0.05, 0.1) is 19.4 Å². The largest absolute Gasteiger partial charge is 0.495 e. The van der Waals surface area contributed by atoms with E-state index in [2.05, 4.69) is 23.0 Å². The van der Waals surface area contributed by atoms with Crippen LogP contribution in [0.25, 0.3) is 5.69 Å². The Bertz CT molecular complexity index is 532. The van der Waals surface area contributed by atoms with Crippen LogP contribution in [0.5, 0.6) is 5.75 Å². The van der Waals surface area contributed by atoms with Crippen LogP contribution < -0.4 is 4.74 Å². The normalized spacial score (nSPS) is 19.1. The van der Waals surface area contributed by atoms with E-state index < -0.39 is 0 Å². The summed E-state index contributed by atoms with van der Waals surface area (Å²) in [6.45, 7) is 0.842. The third kappa shape index (κ3) is 2.13. The van der Waals surface area contributed by atoms with Gasteiger partial charge in [-0.3, -0.25) is 0 Å². The van der Waals surface area contributed by atoms with Gasteiger partial charge in [0.15, 0.2) is 0 Å². The monoisotopic (exact) mass is 261 g/mol. The van der Waals surface area contributed by atoms with Crippen molar-refractivity contribution in [1.29, 1.82) is 0 Å². The zero-order valence-corrected chi connectivity index (χ0v) is 11.0. The summed E-state index contributed by atoms with van der Waals surface area (Å²) in [6, 6.07) is 10.1. The second-order valence-corrected chi connectivity index (χ2v) is 5.27. The van der Waals surface area contributed by atoms with Gasteiger partial charge >= 0.3 is 0 Å². The average molecular weight is 261 g/mol. The van der Waals surface area contributed by atoms with Crippen molar-refractivity contribution in [2.75, 3.05) is 19.5 Å². The molecule has 0 unspecified atom stereocenters. The SMILES string of the molecule is COc1ccccc1-n1ccc([C@H]2OCCS2)c1. The minimum atomic E-state index is 0.181. The maximum Gasteiger partial charge on any atom is 0.142 e. The molecule has 0 amide bonds. The number of hydrogen-bond donors (Lipinski definition) is 0. The molecule has 1 atom stereocenters. The van der Waals surface area contributed by atoms with Crippen LogP contribution in [0.2, 0.25) is 0 Å². The number of ether oxygens (including phenoxy) is 2. The predicted molar refractivity (Wildman–Crippen MR) is 73.5 cm³/mol. The van der Waals surface area contributed by atoms with E-state index in [9.17, 15) is 0 Å². The summed E-state index contributed by atoms with van der Waals surface area (Å²) in [4.78, 5) is 0. The van der Waals surface area contributed by atoms with Gasteiger partial charge in [-0.2, -0.15) is 0 Å². The summed E-state index contributed by atoms with van der Waals surface area (Å²) in [5.41, 5.74) is 2.44. The molecule has 0 radical (unpaired) electrons. The molecule has 1 fully saturated rings. The van der Waals surface area contributed by atoms with Crippen LogP contribution in [0.15, 0.2) is 42.7 Å². The first-order valence-electron chi connectivity index (χ1n) is 5.93. The van der Waals surface area contributed by atoms with Gasteiger partial charge in [-0.1, -0.05) is 12.1 Å². The number of hydrogen-bond acceptors (Lipinski definition) is 3. The first kappa shape index (κ1) is 11.7. The number of para-hydroxylation sites is 2. The highest BCUT2D eigenvalue weighted by Crippen LogP contribution is 2.35. The van der Waals surface area contributed by atoms with Crippen LogP contribution >= 0.6 is 11.8 Å². The first-order valence-corrected chi connectivity index (χ1v) is 6.98. The maximum atomic E-state index is 5.66. The first-order chi connectivity index (χ1) is 8.88.